The highest BCUT2D eigenvalue weighted by atomic mass is 16.3. The van der Waals surface area contributed by atoms with E-state index in [1.807, 2.05) is 0 Å². The van der Waals surface area contributed by atoms with Gasteiger partial charge < -0.3 is 21.5 Å². The number of hydrogen-bond acceptors (Lipinski definition) is 4. The molecule has 0 atom stereocenters. The number of nitrogen functional groups attached to an aromatic ring is 2. The minimum Gasteiger partial charge on any atom is -0.508 e. The summed E-state index contributed by atoms with van der Waals surface area (Å²) in [6.07, 6.45) is 0. The molecule has 0 fully saturated rings. The quantitative estimate of drug-likeness (QED) is 0.742. The molecule has 0 radical (unpaired) electrons. The van der Waals surface area contributed by atoms with Gasteiger partial charge in [-0.2, -0.15) is 0 Å². The van der Waals surface area contributed by atoms with Crippen LogP contribution >= 0.6 is 0 Å². The highest BCUT2D eigenvalue weighted by molar-refractivity contribution is 5.95. The van der Waals surface area contributed by atoms with Gasteiger partial charge >= 0.3 is 0 Å². The summed E-state index contributed by atoms with van der Waals surface area (Å²) in [6, 6.07) is 11.5. The van der Waals surface area contributed by atoms with Gasteiger partial charge in [-0.25, -0.2) is 0 Å². The molecular formula is C15H17N3O2. The summed E-state index contributed by atoms with van der Waals surface area (Å²) in [5, 5.41) is 9.23. The number of phenolic OH excluding ortho intramolecular Hbond substituents is 1. The third-order valence-electron chi connectivity index (χ3n) is 2.93. The monoisotopic (exact) mass is 271 g/mol. The predicted molar refractivity (Wildman–Crippen MR) is 79.2 cm³/mol. The number of carbonyl (C=O) groups excluding carboxylic acids is 1. The first-order valence-electron chi connectivity index (χ1n) is 6.15. The van der Waals surface area contributed by atoms with E-state index in [4.69, 9.17) is 11.5 Å². The smallest absolute Gasteiger partial charge is 0.254 e. The van der Waals surface area contributed by atoms with Gasteiger partial charge in [0.25, 0.3) is 5.91 Å². The second-order valence-corrected chi connectivity index (χ2v) is 4.72. The molecule has 20 heavy (non-hydrogen) atoms. The number of nitrogens with zero attached hydrogens (tertiary/aromatic N) is 1. The Morgan fingerprint density at radius 3 is 2.20 bits per heavy atom. The van der Waals surface area contributed by atoms with Gasteiger partial charge in [0.15, 0.2) is 0 Å². The average Bonchev–Trinajstić information content (AvgIpc) is 2.39. The normalized spacial score (nSPS) is 10.2. The van der Waals surface area contributed by atoms with Gasteiger partial charge in [0, 0.05) is 30.5 Å². The molecule has 0 aliphatic rings. The van der Waals surface area contributed by atoms with Crippen LogP contribution in [0.3, 0.4) is 0 Å². The van der Waals surface area contributed by atoms with Crippen LogP contribution in [0.2, 0.25) is 0 Å². The van der Waals surface area contributed by atoms with E-state index in [9.17, 15) is 9.90 Å². The standard InChI is InChI=1S/C15H17N3O2/c1-18(9-10-2-4-14(19)5-3-10)15(20)11-6-12(16)8-13(17)7-11/h2-8,19H,9,16-17H2,1H3. The van der Waals surface area contributed by atoms with E-state index in [1.165, 1.54) is 0 Å². The lowest BCUT2D eigenvalue weighted by Gasteiger charge is -2.18. The van der Waals surface area contributed by atoms with E-state index in [0.29, 0.717) is 23.5 Å². The number of amides is 1. The van der Waals surface area contributed by atoms with Crippen LogP contribution in [0.25, 0.3) is 0 Å². The van der Waals surface area contributed by atoms with Crippen molar-refractivity contribution in [3.63, 3.8) is 0 Å². The summed E-state index contributed by atoms with van der Waals surface area (Å²) in [7, 11) is 1.70. The first-order chi connectivity index (χ1) is 9.45. The van der Waals surface area contributed by atoms with Crippen molar-refractivity contribution in [2.24, 2.45) is 0 Å². The van der Waals surface area contributed by atoms with Gasteiger partial charge in [0.2, 0.25) is 0 Å². The van der Waals surface area contributed by atoms with Crippen LogP contribution in [0, 0.1) is 0 Å². The maximum Gasteiger partial charge on any atom is 0.254 e. The molecule has 5 nitrogen and oxygen atoms in total. The van der Waals surface area contributed by atoms with Crippen LogP contribution in [-0.4, -0.2) is 23.0 Å². The van der Waals surface area contributed by atoms with Crippen LogP contribution in [0.5, 0.6) is 5.75 Å². The molecule has 1 amide bonds. The van der Waals surface area contributed by atoms with Crippen molar-refractivity contribution in [1.29, 1.82) is 0 Å². The average molecular weight is 271 g/mol. The Balaban J connectivity index is 2.14. The van der Waals surface area contributed by atoms with E-state index >= 15 is 0 Å². The molecule has 0 aliphatic carbocycles. The van der Waals surface area contributed by atoms with E-state index in [1.54, 1.807) is 54.4 Å². The Morgan fingerprint density at radius 1 is 1.10 bits per heavy atom. The number of rotatable bonds is 3. The van der Waals surface area contributed by atoms with Crippen molar-refractivity contribution in [3.8, 4) is 5.75 Å². The molecule has 0 aromatic heterocycles. The van der Waals surface area contributed by atoms with Crippen molar-refractivity contribution >= 4 is 17.3 Å². The third-order valence-corrected chi connectivity index (χ3v) is 2.93. The number of anilines is 2. The summed E-state index contributed by atoms with van der Waals surface area (Å²) in [5.74, 6) is 0.0448. The second-order valence-electron chi connectivity index (χ2n) is 4.72. The molecule has 2 aromatic carbocycles. The van der Waals surface area contributed by atoms with E-state index < -0.39 is 0 Å². The van der Waals surface area contributed by atoms with Crippen molar-refractivity contribution < 1.29 is 9.90 Å². The lowest BCUT2D eigenvalue weighted by Crippen LogP contribution is -2.26. The molecule has 104 valence electrons. The van der Waals surface area contributed by atoms with Gasteiger partial charge in [0.05, 0.1) is 0 Å². The molecule has 0 saturated carbocycles. The SMILES string of the molecule is CN(Cc1ccc(O)cc1)C(=O)c1cc(N)cc(N)c1. The molecule has 0 spiro atoms. The molecular weight excluding hydrogens is 254 g/mol. The highest BCUT2D eigenvalue weighted by Crippen LogP contribution is 2.17. The number of benzene rings is 2. The Labute approximate surface area is 117 Å². The number of phenols is 1. The molecule has 5 heteroatoms. The first-order valence-corrected chi connectivity index (χ1v) is 6.15. The largest absolute Gasteiger partial charge is 0.508 e. The van der Waals surface area contributed by atoms with Gasteiger partial charge in [-0.15, -0.1) is 0 Å². The van der Waals surface area contributed by atoms with Gasteiger partial charge in [-0.05, 0) is 35.9 Å². The van der Waals surface area contributed by atoms with Crippen molar-refractivity contribution in [1.82, 2.24) is 4.90 Å². The van der Waals surface area contributed by atoms with E-state index in [2.05, 4.69) is 0 Å². The minimum absolute atomic E-state index is 0.155. The number of aromatic hydroxyl groups is 1. The molecule has 0 aliphatic heterocycles. The lowest BCUT2D eigenvalue weighted by molar-refractivity contribution is 0.0785. The zero-order chi connectivity index (χ0) is 14.7. The summed E-state index contributed by atoms with van der Waals surface area (Å²) >= 11 is 0. The Kier molecular flexibility index (Phi) is 3.79. The minimum atomic E-state index is -0.155. The fourth-order valence-electron chi connectivity index (χ4n) is 1.97. The molecule has 0 saturated heterocycles. The first kappa shape index (κ1) is 13.7. The van der Waals surface area contributed by atoms with Crippen LogP contribution in [0.1, 0.15) is 15.9 Å². The summed E-state index contributed by atoms with van der Waals surface area (Å²) in [5.41, 5.74) is 13.7. The van der Waals surface area contributed by atoms with Gasteiger partial charge in [-0.1, -0.05) is 12.1 Å². The molecule has 2 aromatic rings. The molecule has 0 unspecified atom stereocenters. The topological polar surface area (TPSA) is 92.6 Å². The lowest BCUT2D eigenvalue weighted by atomic mass is 10.1. The van der Waals surface area contributed by atoms with Gasteiger partial charge in [-0.3, -0.25) is 4.79 Å². The van der Waals surface area contributed by atoms with Crippen LogP contribution in [0.15, 0.2) is 42.5 Å². The third kappa shape index (κ3) is 3.20. The summed E-state index contributed by atoms with van der Waals surface area (Å²) in [4.78, 5) is 13.9. The maximum absolute atomic E-state index is 12.3. The molecule has 0 bridgehead atoms. The maximum atomic E-state index is 12.3. The van der Waals surface area contributed by atoms with E-state index in [0.717, 1.165) is 5.56 Å². The summed E-state index contributed by atoms with van der Waals surface area (Å²) in [6.45, 7) is 0.438. The summed E-state index contributed by atoms with van der Waals surface area (Å²) < 4.78 is 0. The van der Waals surface area contributed by atoms with Crippen molar-refractivity contribution in [2.75, 3.05) is 18.5 Å². The van der Waals surface area contributed by atoms with Crippen LogP contribution < -0.4 is 11.5 Å². The highest BCUT2D eigenvalue weighted by Gasteiger charge is 2.13. The predicted octanol–water partition coefficient (Wildman–Crippen LogP) is 1.83. The van der Waals surface area contributed by atoms with E-state index in [-0.39, 0.29) is 11.7 Å². The molecule has 5 N–H and O–H groups in total. The Bertz CT molecular complexity index is 603. The van der Waals surface area contributed by atoms with Crippen molar-refractivity contribution in [3.05, 3.63) is 53.6 Å². The second kappa shape index (κ2) is 5.52. The Morgan fingerprint density at radius 2 is 1.65 bits per heavy atom. The van der Waals surface area contributed by atoms with Crippen LogP contribution in [0.4, 0.5) is 11.4 Å². The van der Waals surface area contributed by atoms with Gasteiger partial charge in [0.1, 0.15) is 5.75 Å². The van der Waals surface area contributed by atoms with Crippen molar-refractivity contribution in [2.45, 2.75) is 6.54 Å². The molecule has 2 rings (SSSR count). The zero-order valence-corrected chi connectivity index (χ0v) is 11.2. The zero-order valence-electron chi connectivity index (χ0n) is 11.2. The fourth-order valence-corrected chi connectivity index (χ4v) is 1.97. The molecule has 0 heterocycles. The fraction of sp³-hybridized carbons (Fsp3) is 0.133. The van der Waals surface area contributed by atoms with Crippen LogP contribution in [-0.2, 0) is 6.54 Å². The number of carbonyl (C=O) groups is 1. The number of hydrogen-bond donors (Lipinski definition) is 3. The Hall–Kier alpha value is -2.69. The number of nitrogens with two attached hydrogens (primary N) is 2.